The lowest BCUT2D eigenvalue weighted by atomic mass is 9.67. The van der Waals surface area contributed by atoms with Crippen molar-refractivity contribution < 1.29 is 4.79 Å². The molecule has 2 nitrogen and oxygen atoms in total. The molecule has 0 spiro atoms. The SMILES string of the molecule is CCC(CC)CC1(C(=O)Nc2[c]cccc2)CCCCC1. The fraction of sp³-hybridized carbons (Fsp3) is 0.632. The Hall–Kier alpha value is -1.31. The van der Waals surface area contributed by atoms with Crippen LogP contribution >= 0.6 is 0 Å². The van der Waals surface area contributed by atoms with E-state index in [1.54, 1.807) is 0 Å². The molecular weight excluding hydrogens is 258 g/mol. The van der Waals surface area contributed by atoms with Crippen molar-refractivity contribution in [3.8, 4) is 0 Å². The molecule has 21 heavy (non-hydrogen) atoms. The smallest absolute Gasteiger partial charge is 0.230 e. The van der Waals surface area contributed by atoms with Crippen LogP contribution in [0, 0.1) is 17.4 Å². The summed E-state index contributed by atoms with van der Waals surface area (Å²) in [5.74, 6) is 0.880. The first-order valence-electron chi connectivity index (χ1n) is 8.48. The number of amides is 1. The molecule has 2 rings (SSSR count). The van der Waals surface area contributed by atoms with Crippen LogP contribution in [-0.4, -0.2) is 5.91 Å². The van der Waals surface area contributed by atoms with Crippen LogP contribution in [0.15, 0.2) is 24.3 Å². The van der Waals surface area contributed by atoms with E-state index >= 15 is 0 Å². The molecule has 1 fully saturated rings. The molecule has 1 amide bonds. The topological polar surface area (TPSA) is 29.1 Å². The summed E-state index contributed by atoms with van der Waals surface area (Å²) in [6.07, 6.45) is 9.11. The Balaban J connectivity index is 2.12. The fourth-order valence-electron chi connectivity index (χ4n) is 3.61. The summed E-state index contributed by atoms with van der Waals surface area (Å²) in [4.78, 5) is 12.9. The number of carbonyl (C=O) groups excluding carboxylic acids is 1. The number of hydrogen-bond acceptors (Lipinski definition) is 1. The van der Waals surface area contributed by atoms with Gasteiger partial charge in [0.1, 0.15) is 0 Å². The summed E-state index contributed by atoms with van der Waals surface area (Å²) < 4.78 is 0. The third kappa shape index (κ3) is 4.09. The van der Waals surface area contributed by atoms with Gasteiger partial charge in [0.15, 0.2) is 0 Å². The summed E-state index contributed by atoms with van der Waals surface area (Å²) in [5.41, 5.74) is 0.649. The van der Waals surface area contributed by atoms with Crippen molar-refractivity contribution in [1.29, 1.82) is 0 Å². The third-order valence-corrected chi connectivity index (χ3v) is 5.08. The van der Waals surface area contributed by atoms with E-state index in [1.165, 1.54) is 32.1 Å². The highest BCUT2D eigenvalue weighted by Gasteiger charge is 2.40. The first-order valence-corrected chi connectivity index (χ1v) is 8.48. The number of rotatable bonds is 6. The highest BCUT2D eigenvalue weighted by atomic mass is 16.2. The predicted octanol–water partition coefficient (Wildman–Crippen LogP) is 5.20. The van der Waals surface area contributed by atoms with E-state index in [0.29, 0.717) is 5.92 Å². The maximum absolute atomic E-state index is 12.9. The van der Waals surface area contributed by atoms with Crippen LogP contribution in [0.1, 0.15) is 65.2 Å². The van der Waals surface area contributed by atoms with Crippen molar-refractivity contribution >= 4 is 11.6 Å². The van der Waals surface area contributed by atoms with Crippen molar-refractivity contribution in [2.45, 2.75) is 65.2 Å². The molecule has 1 radical (unpaired) electrons. The van der Waals surface area contributed by atoms with Gasteiger partial charge in [-0.15, -0.1) is 0 Å². The minimum absolute atomic E-state index is 0.154. The summed E-state index contributed by atoms with van der Waals surface area (Å²) in [5, 5.41) is 3.11. The highest BCUT2D eigenvalue weighted by Crippen LogP contribution is 2.43. The molecule has 1 aliphatic rings. The standard InChI is InChI=1S/C19H28NO/c1-3-16(4-2)15-19(13-9-6-10-14-19)18(21)20-17-11-7-5-8-12-17/h5,7-8,11,16H,3-4,6,9-10,13-15H2,1-2H3,(H,20,21). The van der Waals surface area contributed by atoms with Crippen LogP contribution in [0.5, 0.6) is 0 Å². The van der Waals surface area contributed by atoms with Gasteiger partial charge < -0.3 is 5.32 Å². The van der Waals surface area contributed by atoms with Gasteiger partial charge >= 0.3 is 0 Å². The molecule has 115 valence electrons. The monoisotopic (exact) mass is 286 g/mol. The third-order valence-electron chi connectivity index (χ3n) is 5.08. The molecule has 0 bridgehead atoms. The quantitative estimate of drug-likeness (QED) is 0.765. The number of carbonyl (C=O) groups is 1. The van der Waals surface area contributed by atoms with Gasteiger partial charge in [-0.2, -0.15) is 0 Å². The lowest BCUT2D eigenvalue weighted by Gasteiger charge is -2.38. The molecule has 1 aliphatic carbocycles. The van der Waals surface area contributed by atoms with Gasteiger partial charge in [-0.25, -0.2) is 0 Å². The average molecular weight is 286 g/mol. The van der Waals surface area contributed by atoms with E-state index in [9.17, 15) is 4.79 Å². The van der Waals surface area contributed by atoms with Crippen LogP contribution in [0.4, 0.5) is 5.69 Å². The van der Waals surface area contributed by atoms with Crippen molar-refractivity contribution in [1.82, 2.24) is 0 Å². The van der Waals surface area contributed by atoms with Crippen molar-refractivity contribution in [3.63, 3.8) is 0 Å². The summed E-state index contributed by atoms with van der Waals surface area (Å²) in [7, 11) is 0. The van der Waals surface area contributed by atoms with Gasteiger partial charge in [-0.1, -0.05) is 64.2 Å². The summed E-state index contributed by atoms with van der Waals surface area (Å²) >= 11 is 0. The molecule has 1 saturated carbocycles. The van der Waals surface area contributed by atoms with E-state index in [-0.39, 0.29) is 11.3 Å². The van der Waals surface area contributed by atoms with Gasteiger partial charge in [-0.05, 0) is 31.2 Å². The largest absolute Gasteiger partial charge is 0.325 e. The second-order valence-electron chi connectivity index (χ2n) is 6.46. The van der Waals surface area contributed by atoms with E-state index in [0.717, 1.165) is 24.9 Å². The van der Waals surface area contributed by atoms with Crippen LogP contribution in [0.3, 0.4) is 0 Å². The number of benzene rings is 1. The molecule has 1 N–H and O–H groups in total. The molecule has 1 aromatic rings. The Bertz CT molecular complexity index is 430. The number of hydrogen-bond donors (Lipinski definition) is 1. The first-order chi connectivity index (χ1) is 10.2. The zero-order valence-electron chi connectivity index (χ0n) is 13.5. The Morgan fingerprint density at radius 1 is 1.24 bits per heavy atom. The normalized spacial score (nSPS) is 17.7. The highest BCUT2D eigenvalue weighted by molar-refractivity contribution is 5.95. The molecule has 1 aromatic carbocycles. The lowest BCUT2D eigenvalue weighted by Crippen LogP contribution is -2.39. The number of anilines is 1. The molecule has 0 unspecified atom stereocenters. The van der Waals surface area contributed by atoms with Gasteiger partial charge in [0.05, 0.1) is 0 Å². The number of para-hydroxylation sites is 1. The Morgan fingerprint density at radius 3 is 2.52 bits per heavy atom. The van der Waals surface area contributed by atoms with Gasteiger partial charge in [0, 0.05) is 17.2 Å². The second-order valence-corrected chi connectivity index (χ2v) is 6.46. The summed E-state index contributed by atoms with van der Waals surface area (Å²) in [6.45, 7) is 4.49. The molecule has 0 heterocycles. The second kappa shape index (κ2) is 7.63. The molecule has 0 aromatic heterocycles. The Morgan fingerprint density at radius 2 is 1.95 bits per heavy atom. The van der Waals surface area contributed by atoms with Gasteiger partial charge in [0.2, 0.25) is 5.91 Å². The summed E-state index contributed by atoms with van der Waals surface area (Å²) in [6, 6.07) is 10.8. The van der Waals surface area contributed by atoms with Crippen LogP contribution < -0.4 is 5.32 Å². The first kappa shape index (κ1) is 16.1. The maximum Gasteiger partial charge on any atom is 0.230 e. The van der Waals surface area contributed by atoms with E-state index in [1.807, 2.05) is 24.3 Å². The van der Waals surface area contributed by atoms with Crippen LogP contribution in [0.25, 0.3) is 0 Å². The van der Waals surface area contributed by atoms with Crippen molar-refractivity contribution in [2.75, 3.05) is 5.32 Å². The van der Waals surface area contributed by atoms with Gasteiger partial charge in [-0.3, -0.25) is 4.79 Å². The Kier molecular flexibility index (Phi) is 5.84. The zero-order valence-corrected chi connectivity index (χ0v) is 13.5. The van der Waals surface area contributed by atoms with Crippen LogP contribution in [0.2, 0.25) is 0 Å². The lowest BCUT2D eigenvalue weighted by molar-refractivity contribution is -0.128. The maximum atomic E-state index is 12.9. The van der Waals surface area contributed by atoms with E-state index < -0.39 is 0 Å². The minimum Gasteiger partial charge on any atom is -0.325 e. The number of nitrogens with one attached hydrogen (secondary N) is 1. The zero-order chi connectivity index (χ0) is 15.1. The molecule has 0 saturated heterocycles. The van der Waals surface area contributed by atoms with Crippen molar-refractivity contribution in [2.24, 2.45) is 11.3 Å². The average Bonchev–Trinajstić information content (AvgIpc) is 2.54. The minimum atomic E-state index is -0.154. The molecular formula is C19H28NO. The van der Waals surface area contributed by atoms with E-state index in [2.05, 4.69) is 25.2 Å². The molecule has 0 atom stereocenters. The van der Waals surface area contributed by atoms with Crippen LogP contribution in [-0.2, 0) is 4.79 Å². The fourth-order valence-corrected chi connectivity index (χ4v) is 3.61. The van der Waals surface area contributed by atoms with Gasteiger partial charge in [0.25, 0.3) is 0 Å². The van der Waals surface area contributed by atoms with Crippen molar-refractivity contribution in [3.05, 3.63) is 30.3 Å². The molecule has 2 heteroatoms. The van der Waals surface area contributed by atoms with E-state index in [4.69, 9.17) is 0 Å². The predicted molar refractivity (Wildman–Crippen MR) is 88.1 cm³/mol. The molecule has 0 aliphatic heterocycles. The Labute approximate surface area is 129 Å².